The van der Waals surface area contributed by atoms with Crippen LogP contribution in [0.5, 0.6) is 5.75 Å². The second kappa shape index (κ2) is 7.23. The van der Waals surface area contributed by atoms with Gasteiger partial charge in [0.25, 0.3) is 0 Å². The molecule has 5 nitrogen and oxygen atoms in total. The van der Waals surface area contributed by atoms with E-state index in [0.29, 0.717) is 10.6 Å². The first-order valence-electron chi connectivity index (χ1n) is 7.66. The van der Waals surface area contributed by atoms with E-state index in [1.807, 2.05) is 36.4 Å². The fraction of sp³-hybridized carbons (Fsp3) is 0.167. The highest BCUT2D eigenvalue weighted by Gasteiger charge is 2.08. The lowest BCUT2D eigenvalue weighted by atomic mass is 10.1. The summed E-state index contributed by atoms with van der Waals surface area (Å²) in [5.41, 5.74) is 3.21. The van der Waals surface area contributed by atoms with Crippen LogP contribution in [0.4, 0.5) is 0 Å². The molecule has 0 fully saturated rings. The van der Waals surface area contributed by atoms with E-state index in [1.165, 1.54) is 5.56 Å². The minimum atomic E-state index is 0.447. The van der Waals surface area contributed by atoms with Gasteiger partial charge in [0.05, 0.1) is 13.3 Å². The topological polar surface area (TPSA) is 55.2 Å². The van der Waals surface area contributed by atoms with Gasteiger partial charge in [-0.2, -0.15) is 14.9 Å². The second-order valence-corrected chi connectivity index (χ2v) is 5.62. The van der Waals surface area contributed by atoms with Crippen LogP contribution in [-0.2, 0) is 6.42 Å². The molecule has 0 aliphatic rings. The van der Waals surface area contributed by atoms with Crippen molar-refractivity contribution in [1.29, 1.82) is 0 Å². The van der Waals surface area contributed by atoms with Gasteiger partial charge in [0.1, 0.15) is 5.75 Å². The van der Waals surface area contributed by atoms with Crippen LogP contribution in [0.2, 0.25) is 0 Å². The van der Waals surface area contributed by atoms with Crippen molar-refractivity contribution in [2.45, 2.75) is 13.3 Å². The average Bonchev–Trinajstić information content (AvgIpc) is 3.01. The number of benzene rings is 2. The summed E-state index contributed by atoms with van der Waals surface area (Å²) in [6, 6.07) is 15.9. The van der Waals surface area contributed by atoms with Crippen molar-refractivity contribution >= 4 is 18.4 Å². The second-order valence-electron chi connectivity index (χ2n) is 5.23. The summed E-state index contributed by atoms with van der Waals surface area (Å²) in [6.07, 6.45) is 2.80. The van der Waals surface area contributed by atoms with Crippen molar-refractivity contribution in [1.82, 2.24) is 14.9 Å². The fourth-order valence-electron chi connectivity index (χ4n) is 2.29. The molecule has 3 aromatic rings. The zero-order chi connectivity index (χ0) is 16.9. The first-order chi connectivity index (χ1) is 11.7. The fourth-order valence-corrected chi connectivity index (χ4v) is 2.47. The van der Waals surface area contributed by atoms with Gasteiger partial charge in [-0.25, -0.2) is 5.10 Å². The van der Waals surface area contributed by atoms with E-state index in [4.69, 9.17) is 17.0 Å². The van der Waals surface area contributed by atoms with Gasteiger partial charge in [-0.3, -0.25) is 0 Å². The lowest BCUT2D eigenvalue weighted by Crippen LogP contribution is -1.95. The summed E-state index contributed by atoms with van der Waals surface area (Å²) in [4.78, 5) is 0. The Labute approximate surface area is 145 Å². The number of hydrogen-bond donors (Lipinski definition) is 1. The summed E-state index contributed by atoms with van der Waals surface area (Å²) in [7, 11) is 1.64. The van der Waals surface area contributed by atoms with Gasteiger partial charge >= 0.3 is 0 Å². The number of rotatable bonds is 5. The molecule has 0 bridgehead atoms. The lowest BCUT2D eigenvalue weighted by Gasteiger charge is -2.03. The van der Waals surface area contributed by atoms with Crippen LogP contribution in [0.15, 0.2) is 53.6 Å². The van der Waals surface area contributed by atoms with E-state index in [1.54, 1.807) is 18.0 Å². The van der Waals surface area contributed by atoms with Gasteiger partial charge in [-0.1, -0.05) is 31.2 Å². The third-order valence-electron chi connectivity index (χ3n) is 3.71. The highest BCUT2D eigenvalue weighted by Crippen LogP contribution is 2.20. The smallest absolute Gasteiger partial charge is 0.216 e. The van der Waals surface area contributed by atoms with Crippen molar-refractivity contribution in [3.63, 3.8) is 0 Å². The molecule has 2 aromatic carbocycles. The number of nitrogens with one attached hydrogen (secondary N) is 1. The molecule has 6 heteroatoms. The molecule has 1 heterocycles. The van der Waals surface area contributed by atoms with E-state index in [9.17, 15) is 0 Å². The van der Waals surface area contributed by atoms with Crippen LogP contribution in [0.25, 0.3) is 11.4 Å². The van der Waals surface area contributed by atoms with Crippen LogP contribution in [0.1, 0.15) is 18.1 Å². The number of methoxy groups -OCH3 is 1. The van der Waals surface area contributed by atoms with E-state index >= 15 is 0 Å². The molecular formula is C18H18N4OS. The first kappa shape index (κ1) is 16.1. The number of ether oxygens (including phenoxy) is 1. The summed E-state index contributed by atoms with van der Waals surface area (Å²) in [5, 5.41) is 11.5. The molecule has 0 atom stereocenters. The van der Waals surface area contributed by atoms with Crippen molar-refractivity contribution < 1.29 is 4.74 Å². The van der Waals surface area contributed by atoms with Crippen LogP contribution in [-0.4, -0.2) is 28.2 Å². The molecule has 122 valence electrons. The number of hydrogen-bond acceptors (Lipinski definition) is 4. The molecule has 0 unspecified atom stereocenters. The Bertz CT molecular complexity index is 892. The molecule has 1 aromatic heterocycles. The highest BCUT2D eigenvalue weighted by molar-refractivity contribution is 7.71. The van der Waals surface area contributed by atoms with Gasteiger partial charge in [-0.15, -0.1) is 0 Å². The molecule has 0 saturated carbocycles. The monoisotopic (exact) mass is 338 g/mol. The lowest BCUT2D eigenvalue weighted by molar-refractivity contribution is 0.415. The predicted octanol–water partition coefficient (Wildman–Crippen LogP) is 4.06. The van der Waals surface area contributed by atoms with Crippen molar-refractivity contribution in [3.05, 3.63) is 64.4 Å². The number of nitrogens with zero attached hydrogens (tertiary/aromatic N) is 3. The van der Waals surface area contributed by atoms with Crippen LogP contribution in [0, 0.1) is 4.77 Å². The third kappa shape index (κ3) is 3.44. The predicted molar refractivity (Wildman–Crippen MR) is 98.2 cm³/mol. The quantitative estimate of drug-likeness (QED) is 0.564. The number of H-pyrrole nitrogens is 1. The molecule has 0 saturated heterocycles. The molecule has 0 radical (unpaired) electrons. The summed E-state index contributed by atoms with van der Waals surface area (Å²) in [5.74, 6) is 1.45. The molecule has 1 N–H and O–H groups in total. The maximum Gasteiger partial charge on any atom is 0.216 e. The Morgan fingerprint density at radius 3 is 2.50 bits per heavy atom. The molecule has 0 aliphatic heterocycles. The van der Waals surface area contributed by atoms with Gasteiger partial charge in [0.2, 0.25) is 4.77 Å². The summed E-state index contributed by atoms with van der Waals surface area (Å²) >= 11 is 5.28. The summed E-state index contributed by atoms with van der Waals surface area (Å²) < 4.78 is 7.24. The molecular weight excluding hydrogens is 320 g/mol. The van der Waals surface area contributed by atoms with Crippen LogP contribution in [0.3, 0.4) is 0 Å². The van der Waals surface area contributed by atoms with Gasteiger partial charge in [0, 0.05) is 5.56 Å². The molecule has 0 spiro atoms. The Balaban J connectivity index is 1.91. The average molecular weight is 338 g/mol. The number of aryl methyl sites for hydroxylation is 1. The van der Waals surface area contributed by atoms with E-state index in [2.05, 4.69) is 34.4 Å². The Hall–Kier alpha value is -2.73. The first-order valence-corrected chi connectivity index (χ1v) is 8.07. The van der Waals surface area contributed by atoms with E-state index in [-0.39, 0.29) is 0 Å². The van der Waals surface area contributed by atoms with Gasteiger partial charge in [-0.05, 0) is 54.0 Å². The van der Waals surface area contributed by atoms with Crippen LogP contribution >= 0.6 is 12.2 Å². The third-order valence-corrected chi connectivity index (χ3v) is 3.97. The highest BCUT2D eigenvalue weighted by atomic mass is 32.1. The number of aromatic nitrogens is 3. The standard InChI is InChI=1S/C18H18N4OS/c1-3-13-4-6-14(7-5-13)12-19-22-17(20-21-18(22)24)15-8-10-16(23-2)11-9-15/h4-12H,3H2,1-2H3,(H,21,24)/b19-12+. The van der Waals surface area contributed by atoms with Crippen molar-refractivity contribution in [3.8, 4) is 17.1 Å². The minimum absolute atomic E-state index is 0.447. The van der Waals surface area contributed by atoms with Crippen molar-refractivity contribution in [2.75, 3.05) is 7.11 Å². The zero-order valence-corrected chi connectivity index (χ0v) is 14.4. The largest absolute Gasteiger partial charge is 0.497 e. The van der Waals surface area contributed by atoms with Gasteiger partial charge < -0.3 is 4.74 Å². The Morgan fingerprint density at radius 1 is 1.17 bits per heavy atom. The summed E-state index contributed by atoms with van der Waals surface area (Å²) in [6.45, 7) is 2.13. The minimum Gasteiger partial charge on any atom is -0.497 e. The van der Waals surface area contributed by atoms with E-state index in [0.717, 1.165) is 23.3 Å². The van der Waals surface area contributed by atoms with E-state index < -0.39 is 0 Å². The van der Waals surface area contributed by atoms with Crippen LogP contribution < -0.4 is 4.74 Å². The molecule has 0 aliphatic carbocycles. The Kier molecular flexibility index (Phi) is 4.86. The normalized spacial score (nSPS) is 11.1. The Morgan fingerprint density at radius 2 is 1.88 bits per heavy atom. The van der Waals surface area contributed by atoms with Gasteiger partial charge in [0.15, 0.2) is 5.82 Å². The molecule has 0 amide bonds. The SMILES string of the molecule is CCc1ccc(/C=N/n2c(-c3ccc(OC)cc3)n[nH]c2=S)cc1. The number of aromatic amines is 1. The maximum absolute atomic E-state index is 5.28. The maximum atomic E-state index is 5.28. The molecule has 24 heavy (non-hydrogen) atoms. The zero-order valence-electron chi connectivity index (χ0n) is 13.6. The van der Waals surface area contributed by atoms with Crippen molar-refractivity contribution in [2.24, 2.45) is 5.10 Å². The molecule has 3 rings (SSSR count).